The molecule has 31 heavy (non-hydrogen) atoms. The summed E-state index contributed by atoms with van der Waals surface area (Å²) in [5, 5.41) is 3.44. The van der Waals surface area contributed by atoms with E-state index in [-0.39, 0.29) is 0 Å². The number of hydrogen-bond donors (Lipinski definition) is 2. The molecule has 2 aromatic carbocycles. The summed E-state index contributed by atoms with van der Waals surface area (Å²) in [7, 11) is 0.390. The van der Waals surface area contributed by atoms with Gasteiger partial charge in [0.1, 0.15) is 5.75 Å². The first kappa shape index (κ1) is 23.6. The zero-order valence-corrected chi connectivity index (χ0v) is 19.5. The second-order valence-corrected chi connectivity index (χ2v) is 10.00. The minimum absolute atomic E-state index is 0.628. The molecule has 1 atom stereocenters. The van der Waals surface area contributed by atoms with Crippen LogP contribution in [0.1, 0.15) is 41.0 Å². The van der Waals surface area contributed by atoms with Crippen LogP contribution in [-0.4, -0.2) is 57.9 Å². The number of methoxy groups -OCH3 is 1. The molecule has 0 fully saturated rings. The number of anilines is 1. The number of benzene rings is 2. The molecule has 2 aliphatic rings. The molecule has 0 saturated carbocycles. The summed E-state index contributed by atoms with van der Waals surface area (Å²) < 4.78 is 31.5. The number of hydrogen-bond acceptors (Lipinski definition) is 5. The van der Waals surface area contributed by atoms with Gasteiger partial charge < -0.3 is 15.0 Å². The van der Waals surface area contributed by atoms with Crippen LogP contribution in [0, 0.1) is 0 Å². The Kier molecular flexibility index (Phi) is 7.97. The van der Waals surface area contributed by atoms with Gasteiger partial charge in [-0.15, -0.1) is 0 Å². The number of fused-ring (bicyclic) bond motifs is 2. The lowest BCUT2D eigenvalue weighted by Gasteiger charge is -2.30. The lowest BCUT2D eigenvalue weighted by molar-refractivity contribution is 0.299. The molecule has 0 radical (unpaired) electrons. The molecule has 1 aliphatic heterocycles. The van der Waals surface area contributed by atoms with Crippen LogP contribution in [-0.2, 0) is 29.4 Å². The van der Waals surface area contributed by atoms with E-state index in [2.05, 4.69) is 53.7 Å². The van der Waals surface area contributed by atoms with E-state index in [9.17, 15) is 8.42 Å². The van der Waals surface area contributed by atoms with Gasteiger partial charge in [0.2, 0.25) is 0 Å². The average Bonchev–Trinajstić information content (AvgIpc) is 3.19. The van der Waals surface area contributed by atoms with E-state index < -0.39 is 10.1 Å². The first-order chi connectivity index (χ1) is 14.7. The van der Waals surface area contributed by atoms with Gasteiger partial charge in [0.15, 0.2) is 0 Å². The first-order valence-corrected chi connectivity index (χ1v) is 12.7. The highest BCUT2D eigenvalue weighted by Crippen LogP contribution is 2.36. The molecule has 0 saturated heterocycles. The van der Waals surface area contributed by atoms with Gasteiger partial charge >= 0.3 is 0 Å². The van der Waals surface area contributed by atoms with Crippen molar-refractivity contribution in [2.45, 2.75) is 38.0 Å². The van der Waals surface area contributed by atoms with Gasteiger partial charge in [0, 0.05) is 25.3 Å². The van der Waals surface area contributed by atoms with Crippen molar-refractivity contribution >= 4 is 15.8 Å². The van der Waals surface area contributed by atoms with E-state index in [4.69, 9.17) is 9.29 Å². The molecule has 0 bridgehead atoms. The number of nitrogens with zero attached hydrogens (tertiary/aromatic N) is 1. The fourth-order valence-electron chi connectivity index (χ4n) is 4.60. The average molecular weight is 447 g/mol. The lowest BCUT2D eigenvalue weighted by Crippen LogP contribution is -2.28. The van der Waals surface area contributed by atoms with Crippen molar-refractivity contribution in [3.8, 4) is 5.75 Å². The maximum absolute atomic E-state index is 9.19. The zero-order valence-electron chi connectivity index (χ0n) is 18.7. The van der Waals surface area contributed by atoms with E-state index >= 15 is 0 Å². The van der Waals surface area contributed by atoms with Crippen LogP contribution in [0.5, 0.6) is 5.75 Å². The summed E-state index contributed by atoms with van der Waals surface area (Å²) in [5.41, 5.74) is 7.22. The third-order valence-electron chi connectivity index (χ3n) is 6.00. The van der Waals surface area contributed by atoms with E-state index in [0.717, 1.165) is 38.2 Å². The van der Waals surface area contributed by atoms with Crippen LogP contribution in [0.15, 0.2) is 36.4 Å². The molecular weight excluding hydrogens is 412 g/mol. The van der Waals surface area contributed by atoms with Crippen molar-refractivity contribution in [2.75, 3.05) is 45.4 Å². The molecule has 6 nitrogen and oxygen atoms in total. The van der Waals surface area contributed by atoms with Crippen molar-refractivity contribution in [1.29, 1.82) is 0 Å². The summed E-state index contributed by atoms with van der Waals surface area (Å²) >= 11 is 0. The maximum atomic E-state index is 9.19. The molecule has 2 N–H and O–H groups in total. The van der Waals surface area contributed by atoms with Gasteiger partial charge in [0.05, 0.1) is 13.4 Å². The predicted molar refractivity (Wildman–Crippen MR) is 126 cm³/mol. The Morgan fingerprint density at radius 1 is 1.23 bits per heavy atom. The van der Waals surface area contributed by atoms with Crippen LogP contribution in [0.3, 0.4) is 0 Å². The van der Waals surface area contributed by atoms with E-state index in [1.165, 1.54) is 47.2 Å². The quantitative estimate of drug-likeness (QED) is 0.658. The van der Waals surface area contributed by atoms with Gasteiger partial charge in [0.25, 0.3) is 10.1 Å². The zero-order chi connectivity index (χ0) is 22.4. The third kappa shape index (κ3) is 6.95. The minimum Gasteiger partial charge on any atom is -0.496 e. The van der Waals surface area contributed by atoms with E-state index in [1.807, 2.05) is 0 Å². The van der Waals surface area contributed by atoms with Crippen molar-refractivity contribution in [2.24, 2.45) is 0 Å². The minimum atomic E-state index is -3.67. The topological polar surface area (TPSA) is 78.9 Å². The van der Waals surface area contributed by atoms with Crippen molar-refractivity contribution < 1.29 is 17.7 Å². The summed E-state index contributed by atoms with van der Waals surface area (Å²) in [4.78, 5) is 2.50. The summed E-state index contributed by atoms with van der Waals surface area (Å²) in [5.74, 6) is 1.70. The normalized spacial score (nSPS) is 17.3. The number of rotatable bonds is 6. The molecule has 0 spiro atoms. The van der Waals surface area contributed by atoms with Crippen molar-refractivity contribution in [1.82, 2.24) is 4.90 Å². The number of likely N-dealkylation sites (N-methyl/N-ethyl adjacent to an activating group) is 1. The summed E-state index contributed by atoms with van der Waals surface area (Å²) in [6, 6.07) is 13.5. The summed E-state index contributed by atoms with van der Waals surface area (Å²) in [6.07, 6.45) is 6.72. The molecule has 1 aliphatic carbocycles. The lowest BCUT2D eigenvalue weighted by atomic mass is 9.82. The van der Waals surface area contributed by atoms with Crippen LogP contribution in [0.2, 0.25) is 0 Å². The Morgan fingerprint density at radius 2 is 2.00 bits per heavy atom. The van der Waals surface area contributed by atoms with E-state index in [1.54, 1.807) is 7.11 Å². The van der Waals surface area contributed by atoms with Crippen LogP contribution < -0.4 is 10.1 Å². The molecule has 7 heteroatoms. The highest BCUT2D eigenvalue weighted by atomic mass is 32.2. The maximum Gasteiger partial charge on any atom is 0.261 e. The fourth-order valence-corrected chi connectivity index (χ4v) is 4.60. The number of nitrogens with one attached hydrogen (secondary N) is 1. The predicted octanol–water partition coefficient (Wildman–Crippen LogP) is 3.76. The second-order valence-electron chi connectivity index (χ2n) is 8.53. The smallest absolute Gasteiger partial charge is 0.261 e. The Hall–Kier alpha value is -2.09. The van der Waals surface area contributed by atoms with Gasteiger partial charge in [-0.05, 0) is 79.5 Å². The first-order valence-electron chi connectivity index (χ1n) is 10.9. The third-order valence-corrected chi connectivity index (χ3v) is 6.00. The molecule has 170 valence electrons. The Bertz CT molecular complexity index is 983. The monoisotopic (exact) mass is 446 g/mol. The summed E-state index contributed by atoms with van der Waals surface area (Å²) in [6.45, 7) is 3.33. The van der Waals surface area contributed by atoms with Crippen molar-refractivity contribution in [3.05, 3.63) is 58.7 Å². The Labute approximate surface area is 186 Å². The highest BCUT2D eigenvalue weighted by molar-refractivity contribution is 7.85. The Morgan fingerprint density at radius 3 is 2.74 bits per heavy atom. The SMILES string of the molecule is COc1cccc2c1CCC[C@H]2CN(C)CCc1ccc2c(c1)CCN2.CS(=O)(=O)O. The molecule has 0 amide bonds. The highest BCUT2D eigenvalue weighted by Gasteiger charge is 2.23. The van der Waals surface area contributed by atoms with Crippen LogP contribution in [0.25, 0.3) is 0 Å². The van der Waals surface area contributed by atoms with Crippen LogP contribution in [0.4, 0.5) is 5.69 Å². The fraction of sp³-hybridized carbons (Fsp3) is 0.500. The van der Waals surface area contributed by atoms with Gasteiger partial charge in [-0.1, -0.05) is 24.3 Å². The molecule has 1 heterocycles. The molecule has 0 aromatic heterocycles. The largest absolute Gasteiger partial charge is 0.496 e. The van der Waals surface area contributed by atoms with Gasteiger partial charge in [-0.25, -0.2) is 0 Å². The van der Waals surface area contributed by atoms with Crippen LogP contribution >= 0.6 is 0 Å². The van der Waals surface area contributed by atoms with Crippen molar-refractivity contribution in [3.63, 3.8) is 0 Å². The molecule has 0 unspecified atom stereocenters. The van der Waals surface area contributed by atoms with E-state index in [0.29, 0.717) is 12.2 Å². The van der Waals surface area contributed by atoms with Gasteiger partial charge in [-0.2, -0.15) is 8.42 Å². The standard InChI is InChI=1S/C23H30N2O.CH4O3S/c1-25(14-12-17-9-10-22-18(15-17)11-13-24-22)16-19-5-3-7-21-20(19)6-4-8-23(21)26-2;1-5(2,3)4/h4,6,8-10,15,19,24H,3,5,7,11-14,16H2,1-2H3;1H3,(H,2,3,4)/t19-;/m0./s1. The molecule has 4 rings (SSSR count). The molecule has 2 aromatic rings. The molecular formula is C24H34N2O4S. The van der Waals surface area contributed by atoms with Gasteiger partial charge in [-0.3, -0.25) is 4.55 Å². The number of ether oxygens (including phenoxy) is 1. The Balaban J connectivity index is 0.000000491. The second kappa shape index (κ2) is 10.5.